The van der Waals surface area contributed by atoms with Gasteiger partial charge >= 0.3 is 0 Å². The van der Waals surface area contributed by atoms with Gasteiger partial charge in [0.05, 0.1) is 16.5 Å². The first-order chi connectivity index (χ1) is 9.56. The van der Waals surface area contributed by atoms with E-state index in [1.807, 2.05) is 26.0 Å². The van der Waals surface area contributed by atoms with Gasteiger partial charge in [-0.15, -0.1) is 0 Å². The molecule has 0 saturated heterocycles. The van der Waals surface area contributed by atoms with Crippen LogP contribution >= 0.6 is 0 Å². The fourth-order valence-electron chi connectivity index (χ4n) is 1.48. The molecule has 0 radical (unpaired) electrons. The van der Waals surface area contributed by atoms with E-state index in [9.17, 15) is 4.21 Å². The smallest absolute Gasteiger partial charge is 0.218 e. The quantitative estimate of drug-likeness (QED) is 0.627. The molecule has 0 saturated carbocycles. The minimum Gasteiger partial charge on any atom is -0.251 e. The predicted molar refractivity (Wildman–Crippen MR) is 79.3 cm³/mol. The lowest BCUT2D eigenvalue weighted by molar-refractivity contribution is 0.680. The van der Waals surface area contributed by atoms with Crippen LogP contribution in [-0.4, -0.2) is 25.4 Å². The second-order valence-electron chi connectivity index (χ2n) is 4.53. The minimum absolute atomic E-state index is 0.320. The number of rotatable bonds is 2. The molecule has 0 bridgehead atoms. The van der Waals surface area contributed by atoms with Crippen LogP contribution in [0.25, 0.3) is 11.3 Å². The standard InChI is InChI=1S/C15H15N3OS/c1-11(2)4-6-13-7-5-12(10-17-13)14-8-9-16-15(18-14)20(3)19/h5,7-11H,1-3H3. The zero-order chi connectivity index (χ0) is 14.5. The van der Waals surface area contributed by atoms with Crippen molar-refractivity contribution in [3.05, 3.63) is 36.3 Å². The molecular weight excluding hydrogens is 270 g/mol. The largest absolute Gasteiger partial charge is 0.251 e. The summed E-state index contributed by atoms with van der Waals surface area (Å²) in [6.07, 6.45) is 4.88. The molecule has 1 unspecified atom stereocenters. The molecule has 2 aromatic heterocycles. The van der Waals surface area contributed by atoms with E-state index in [1.165, 1.54) is 0 Å². The van der Waals surface area contributed by atoms with E-state index in [4.69, 9.17) is 0 Å². The van der Waals surface area contributed by atoms with E-state index in [-0.39, 0.29) is 0 Å². The molecule has 0 N–H and O–H groups in total. The van der Waals surface area contributed by atoms with Crippen LogP contribution in [0.15, 0.2) is 35.7 Å². The van der Waals surface area contributed by atoms with Gasteiger partial charge < -0.3 is 0 Å². The maximum atomic E-state index is 11.4. The Bertz CT molecular complexity index is 684. The summed E-state index contributed by atoms with van der Waals surface area (Å²) in [6.45, 7) is 4.07. The van der Waals surface area contributed by atoms with Crippen molar-refractivity contribution in [2.75, 3.05) is 6.26 Å². The van der Waals surface area contributed by atoms with Gasteiger partial charge in [0.1, 0.15) is 5.69 Å². The van der Waals surface area contributed by atoms with E-state index in [1.54, 1.807) is 24.7 Å². The van der Waals surface area contributed by atoms with Crippen molar-refractivity contribution in [1.29, 1.82) is 0 Å². The lowest BCUT2D eigenvalue weighted by Crippen LogP contribution is -1.98. The Kier molecular flexibility index (Phi) is 4.59. The van der Waals surface area contributed by atoms with Crippen molar-refractivity contribution in [2.45, 2.75) is 19.0 Å². The van der Waals surface area contributed by atoms with Gasteiger partial charge in [0.25, 0.3) is 0 Å². The summed E-state index contributed by atoms with van der Waals surface area (Å²) in [7, 11) is -1.19. The highest BCUT2D eigenvalue weighted by Gasteiger charge is 2.05. The van der Waals surface area contributed by atoms with Crippen LogP contribution in [0.5, 0.6) is 0 Å². The van der Waals surface area contributed by atoms with Gasteiger partial charge in [-0.3, -0.25) is 4.21 Å². The lowest BCUT2D eigenvalue weighted by Gasteiger charge is -2.01. The third kappa shape index (κ3) is 3.72. The minimum atomic E-state index is -1.19. The van der Waals surface area contributed by atoms with Gasteiger partial charge in [-0.1, -0.05) is 19.8 Å². The van der Waals surface area contributed by atoms with Crippen LogP contribution in [-0.2, 0) is 10.8 Å². The van der Waals surface area contributed by atoms with E-state index >= 15 is 0 Å². The molecule has 2 rings (SSSR count). The second-order valence-corrected chi connectivity index (χ2v) is 5.81. The summed E-state index contributed by atoms with van der Waals surface area (Å²) in [4.78, 5) is 12.5. The van der Waals surface area contributed by atoms with Crippen molar-refractivity contribution >= 4 is 10.8 Å². The Morgan fingerprint density at radius 3 is 2.60 bits per heavy atom. The number of hydrogen-bond donors (Lipinski definition) is 0. The molecule has 4 nitrogen and oxygen atoms in total. The molecule has 0 amide bonds. The van der Waals surface area contributed by atoms with Crippen molar-refractivity contribution in [3.63, 3.8) is 0 Å². The SMILES string of the molecule is CC(C)C#Cc1ccc(-c2ccnc(S(C)=O)n2)cn1. The molecule has 0 spiro atoms. The predicted octanol–water partition coefficient (Wildman–Crippen LogP) is 2.28. The molecule has 1 atom stereocenters. The van der Waals surface area contributed by atoms with Crippen molar-refractivity contribution in [3.8, 4) is 23.1 Å². The molecule has 0 aliphatic heterocycles. The van der Waals surface area contributed by atoms with Crippen LogP contribution in [0.2, 0.25) is 0 Å². The summed E-state index contributed by atoms with van der Waals surface area (Å²) in [5.74, 6) is 6.40. The molecule has 102 valence electrons. The van der Waals surface area contributed by atoms with Crippen LogP contribution in [0.4, 0.5) is 0 Å². The summed E-state index contributed by atoms with van der Waals surface area (Å²) in [5.41, 5.74) is 2.30. The van der Waals surface area contributed by atoms with Crippen LogP contribution in [0, 0.1) is 17.8 Å². The first kappa shape index (κ1) is 14.4. The second kappa shape index (κ2) is 6.40. The van der Waals surface area contributed by atoms with E-state index in [2.05, 4.69) is 26.8 Å². The van der Waals surface area contributed by atoms with Crippen LogP contribution < -0.4 is 0 Å². The van der Waals surface area contributed by atoms with E-state index in [0.717, 1.165) is 11.3 Å². The highest BCUT2D eigenvalue weighted by molar-refractivity contribution is 7.84. The summed E-state index contributed by atoms with van der Waals surface area (Å²) in [6, 6.07) is 5.53. The van der Waals surface area contributed by atoms with Gasteiger partial charge in [0.15, 0.2) is 0 Å². The Labute approximate surface area is 121 Å². The fourth-order valence-corrected chi connectivity index (χ4v) is 1.91. The molecule has 20 heavy (non-hydrogen) atoms. The first-order valence-corrected chi connectivity index (χ1v) is 7.76. The Hall–Kier alpha value is -2.06. The monoisotopic (exact) mass is 285 g/mol. The Morgan fingerprint density at radius 1 is 1.20 bits per heavy atom. The Balaban J connectivity index is 2.29. The Morgan fingerprint density at radius 2 is 2.00 bits per heavy atom. The molecule has 0 fully saturated rings. The molecular formula is C15H15N3OS. The zero-order valence-electron chi connectivity index (χ0n) is 11.6. The van der Waals surface area contributed by atoms with Crippen molar-refractivity contribution in [1.82, 2.24) is 15.0 Å². The lowest BCUT2D eigenvalue weighted by atomic mass is 10.2. The number of nitrogens with zero attached hydrogens (tertiary/aromatic N) is 3. The zero-order valence-corrected chi connectivity index (χ0v) is 12.4. The normalized spacial score (nSPS) is 11.8. The molecule has 0 aromatic carbocycles. The highest BCUT2D eigenvalue weighted by atomic mass is 32.2. The number of aromatic nitrogens is 3. The fraction of sp³-hybridized carbons (Fsp3) is 0.267. The molecule has 2 aromatic rings. The van der Waals surface area contributed by atoms with Gasteiger partial charge in [-0.2, -0.15) is 0 Å². The van der Waals surface area contributed by atoms with E-state index < -0.39 is 10.8 Å². The highest BCUT2D eigenvalue weighted by Crippen LogP contribution is 2.16. The molecule has 0 aliphatic carbocycles. The average molecular weight is 285 g/mol. The summed E-state index contributed by atoms with van der Waals surface area (Å²) >= 11 is 0. The molecule has 0 aliphatic rings. The van der Waals surface area contributed by atoms with Crippen molar-refractivity contribution < 1.29 is 4.21 Å². The van der Waals surface area contributed by atoms with Gasteiger partial charge in [0, 0.05) is 30.1 Å². The topological polar surface area (TPSA) is 55.7 Å². The molecule has 5 heteroatoms. The van der Waals surface area contributed by atoms with Gasteiger partial charge in [0.2, 0.25) is 5.16 Å². The average Bonchev–Trinajstić information content (AvgIpc) is 2.46. The maximum absolute atomic E-state index is 11.4. The summed E-state index contributed by atoms with van der Waals surface area (Å²) in [5, 5.41) is 0.325. The number of hydrogen-bond acceptors (Lipinski definition) is 4. The third-order valence-electron chi connectivity index (χ3n) is 2.44. The van der Waals surface area contributed by atoms with Gasteiger partial charge in [-0.25, -0.2) is 15.0 Å². The van der Waals surface area contributed by atoms with Crippen molar-refractivity contribution in [2.24, 2.45) is 5.92 Å². The van der Waals surface area contributed by atoms with Crippen LogP contribution in [0.1, 0.15) is 19.5 Å². The first-order valence-electron chi connectivity index (χ1n) is 6.20. The third-order valence-corrected chi connectivity index (χ3v) is 3.15. The van der Waals surface area contributed by atoms with E-state index in [0.29, 0.717) is 16.8 Å². The molecule has 2 heterocycles. The summed E-state index contributed by atoms with van der Waals surface area (Å²) < 4.78 is 11.4. The number of pyridine rings is 1. The van der Waals surface area contributed by atoms with Crippen LogP contribution in [0.3, 0.4) is 0 Å². The van der Waals surface area contributed by atoms with Gasteiger partial charge in [-0.05, 0) is 24.1 Å². The maximum Gasteiger partial charge on any atom is 0.218 e.